The Morgan fingerprint density at radius 2 is 1.83 bits per heavy atom. The Labute approximate surface area is 233 Å². The van der Waals surface area contributed by atoms with Crippen molar-refractivity contribution in [1.29, 1.82) is 0 Å². The van der Waals surface area contributed by atoms with Crippen LogP contribution in [0.3, 0.4) is 0 Å². The van der Waals surface area contributed by atoms with Crippen molar-refractivity contribution >= 4 is 11.9 Å². The molecule has 1 saturated carbocycles. The molecule has 0 N–H and O–H groups in total. The number of ether oxygens (including phenoxy) is 2. The molecule has 41 heavy (non-hydrogen) atoms. The Balaban J connectivity index is 1.36. The largest absolute Gasteiger partial charge is 0.480 e. The fourth-order valence-electron chi connectivity index (χ4n) is 4.90. The number of hydrogen-bond acceptors (Lipinski definition) is 8. The number of halogens is 3. The van der Waals surface area contributed by atoms with Crippen molar-refractivity contribution in [2.45, 2.75) is 50.9 Å². The molecule has 1 aliphatic carbocycles. The minimum absolute atomic E-state index is 0.102. The fraction of sp³-hybridized carbons (Fsp3) is 0.357. The standard InChI is InChI=1S/C28H26F3N7O3/c1-27(2)18-11-32-22(20-21(16-9-10-16)33-14-34-25(20)40-4)36-24(18)38(26(39)41-27)12-15-5-7-17(8-6-15)23-35-19(13-37(23)3)28(29,30)31/h5-8,11,13-14,16H,9-10,12H2,1-4H3. The summed E-state index contributed by atoms with van der Waals surface area (Å²) in [6, 6.07) is 6.78. The number of nitrogens with zero attached hydrogens (tertiary/aromatic N) is 7. The van der Waals surface area contributed by atoms with Crippen LogP contribution in [0.5, 0.6) is 5.88 Å². The van der Waals surface area contributed by atoms with Crippen molar-refractivity contribution in [1.82, 2.24) is 29.5 Å². The second-order valence-electron chi connectivity index (χ2n) is 10.6. The van der Waals surface area contributed by atoms with Crippen LogP contribution in [0.2, 0.25) is 0 Å². The molecule has 0 saturated heterocycles. The first-order valence-electron chi connectivity index (χ1n) is 12.9. The average molecular weight is 566 g/mol. The van der Waals surface area contributed by atoms with E-state index in [1.165, 1.54) is 30.0 Å². The zero-order valence-electron chi connectivity index (χ0n) is 22.7. The number of methoxy groups -OCH3 is 1. The lowest BCUT2D eigenvalue weighted by Gasteiger charge is -2.37. The summed E-state index contributed by atoms with van der Waals surface area (Å²) in [5, 5.41) is 0. The molecule has 13 heteroatoms. The molecule has 0 radical (unpaired) electrons. The third kappa shape index (κ3) is 4.85. The first-order valence-corrected chi connectivity index (χ1v) is 12.9. The van der Waals surface area contributed by atoms with Gasteiger partial charge in [-0.15, -0.1) is 0 Å². The van der Waals surface area contributed by atoms with Crippen molar-refractivity contribution in [3.63, 3.8) is 0 Å². The van der Waals surface area contributed by atoms with Gasteiger partial charge in [-0.05, 0) is 32.3 Å². The topological polar surface area (TPSA) is 108 Å². The summed E-state index contributed by atoms with van der Waals surface area (Å²) < 4.78 is 52.0. The minimum atomic E-state index is -4.54. The summed E-state index contributed by atoms with van der Waals surface area (Å²) in [5.41, 5.74) is 1.29. The number of hydrogen-bond donors (Lipinski definition) is 0. The van der Waals surface area contributed by atoms with Crippen molar-refractivity contribution in [3.8, 4) is 28.7 Å². The summed E-state index contributed by atoms with van der Waals surface area (Å²) in [6.07, 6.45) is 0.910. The van der Waals surface area contributed by atoms with Gasteiger partial charge in [-0.3, -0.25) is 4.90 Å². The van der Waals surface area contributed by atoms with Crippen LogP contribution >= 0.6 is 0 Å². The molecule has 0 atom stereocenters. The third-order valence-corrected chi connectivity index (χ3v) is 7.18. The van der Waals surface area contributed by atoms with Gasteiger partial charge in [-0.25, -0.2) is 29.7 Å². The molecule has 0 bridgehead atoms. The summed E-state index contributed by atoms with van der Waals surface area (Å²) in [5.74, 6) is 1.51. The van der Waals surface area contributed by atoms with Crippen molar-refractivity contribution in [3.05, 3.63) is 65.5 Å². The van der Waals surface area contributed by atoms with Crippen molar-refractivity contribution < 1.29 is 27.4 Å². The van der Waals surface area contributed by atoms with Gasteiger partial charge in [0, 0.05) is 30.9 Å². The smallest absolute Gasteiger partial charge is 0.434 e. The molecule has 0 spiro atoms. The highest BCUT2D eigenvalue weighted by atomic mass is 19.4. The second kappa shape index (κ2) is 9.53. The number of rotatable bonds is 6. The molecule has 2 aliphatic rings. The number of anilines is 1. The summed E-state index contributed by atoms with van der Waals surface area (Å²) in [7, 11) is 3.03. The molecule has 0 unspecified atom stereocenters. The molecule has 212 valence electrons. The van der Waals surface area contributed by atoms with Gasteiger partial charge >= 0.3 is 12.3 Å². The van der Waals surface area contributed by atoms with E-state index < -0.39 is 23.6 Å². The van der Waals surface area contributed by atoms with E-state index in [0.29, 0.717) is 39.8 Å². The number of amides is 1. The average Bonchev–Trinajstić information content (AvgIpc) is 3.70. The molecule has 1 fully saturated rings. The maximum atomic E-state index is 13.2. The normalized spacial score (nSPS) is 16.4. The Hall–Kier alpha value is -4.55. The first-order chi connectivity index (χ1) is 19.5. The zero-order valence-corrected chi connectivity index (χ0v) is 22.7. The van der Waals surface area contributed by atoms with Gasteiger partial charge in [0.05, 0.1) is 24.9 Å². The van der Waals surface area contributed by atoms with E-state index in [0.717, 1.165) is 24.7 Å². The number of imidazole rings is 1. The molecule has 1 aliphatic heterocycles. The monoisotopic (exact) mass is 565 g/mol. The lowest BCUT2D eigenvalue weighted by Crippen LogP contribution is -2.43. The number of aromatic nitrogens is 6. The quantitative estimate of drug-likeness (QED) is 0.296. The Kier molecular flexibility index (Phi) is 6.20. The number of carbonyl (C=O) groups is 1. The van der Waals surface area contributed by atoms with E-state index in [1.807, 2.05) is 0 Å². The van der Waals surface area contributed by atoms with Crippen LogP contribution in [0.15, 0.2) is 43.0 Å². The number of carbonyl (C=O) groups excluding carboxylic acids is 1. The van der Waals surface area contributed by atoms with Crippen LogP contribution in [0.4, 0.5) is 23.8 Å². The number of alkyl halides is 3. The van der Waals surface area contributed by atoms with Crippen molar-refractivity contribution in [2.24, 2.45) is 7.05 Å². The summed E-state index contributed by atoms with van der Waals surface area (Å²) >= 11 is 0. The van der Waals surface area contributed by atoms with Gasteiger partial charge in [0.1, 0.15) is 29.1 Å². The van der Waals surface area contributed by atoms with E-state index in [4.69, 9.17) is 14.5 Å². The minimum Gasteiger partial charge on any atom is -0.480 e. The number of benzene rings is 1. The summed E-state index contributed by atoms with van der Waals surface area (Å²) in [4.78, 5) is 36.5. The van der Waals surface area contributed by atoms with Crippen LogP contribution in [0.1, 0.15) is 55.1 Å². The van der Waals surface area contributed by atoms with E-state index in [2.05, 4.69) is 19.9 Å². The maximum Gasteiger partial charge on any atom is 0.434 e. The third-order valence-electron chi connectivity index (χ3n) is 7.18. The van der Waals surface area contributed by atoms with Crippen LogP contribution in [-0.4, -0.2) is 42.7 Å². The number of fused-ring (bicyclic) bond motifs is 1. The fourth-order valence-corrected chi connectivity index (χ4v) is 4.90. The molecular weight excluding hydrogens is 539 g/mol. The lowest BCUT2D eigenvalue weighted by molar-refractivity contribution is -0.140. The molecule has 10 nitrogen and oxygen atoms in total. The van der Waals surface area contributed by atoms with Crippen molar-refractivity contribution in [2.75, 3.05) is 12.0 Å². The van der Waals surface area contributed by atoms with E-state index in [9.17, 15) is 18.0 Å². The Morgan fingerprint density at radius 3 is 2.46 bits per heavy atom. The van der Waals surface area contributed by atoms with Gasteiger partial charge in [-0.1, -0.05) is 24.3 Å². The molecule has 4 heterocycles. The first kappa shape index (κ1) is 26.7. The summed E-state index contributed by atoms with van der Waals surface area (Å²) in [6.45, 7) is 3.64. The molecule has 4 aromatic rings. The highest BCUT2D eigenvalue weighted by Crippen LogP contribution is 2.46. The van der Waals surface area contributed by atoms with Gasteiger partial charge in [0.2, 0.25) is 5.88 Å². The predicted molar refractivity (Wildman–Crippen MR) is 141 cm³/mol. The van der Waals surface area contributed by atoms with E-state index >= 15 is 0 Å². The highest BCUT2D eigenvalue weighted by Gasteiger charge is 2.41. The van der Waals surface area contributed by atoms with Crippen LogP contribution < -0.4 is 9.64 Å². The molecule has 6 rings (SSSR count). The maximum absolute atomic E-state index is 13.2. The van der Waals surface area contributed by atoms with Gasteiger partial charge in [0.15, 0.2) is 11.5 Å². The van der Waals surface area contributed by atoms with Gasteiger partial charge < -0.3 is 14.0 Å². The van der Waals surface area contributed by atoms with Crippen LogP contribution in [0.25, 0.3) is 22.8 Å². The lowest BCUT2D eigenvalue weighted by atomic mass is 9.97. The predicted octanol–water partition coefficient (Wildman–Crippen LogP) is 5.63. The Bertz CT molecular complexity index is 1650. The molecule has 3 aromatic heterocycles. The molecule has 1 amide bonds. The highest BCUT2D eigenvalue weighted by molar-refractivity contribution is 5.90. The number of aryl methyl sites for hydroxylation is 1. The van der Waals surface area contributed by atoms with E-state index in [1.54, 1.807) is 44.3 Å². The van der Waals surface area contributed by atoms with Crippen LogP contribution in [0, 0.1) is 0 Å². The van der Waals surface area contributed by atoms with Gasteiger partial charge in [-0.2, -0.15) is 13.2 Å². The van der Waals surface area contributed by atoms with E-state index in [-0.39, 0.29) is 18.3 Å². The molecular formula is C28H26F3N7O3. The number of cyclic esters (lactones) is 1. The molecule has 1 aromatic carbocycles. The Morgan fingerprint density at radius 1 is 1.10 bits per heavy atom. The second-order valence-corrected chi connectivity index (χ2v) is 10.6. The van der Waals surface area contributed by atoms with Gasteiger partial charge in [0.25, 0.3) is 0 Å². The SMILES string of the molecule is COc1ncnc(C2CC2)c1-c1ncc2c(n1)N(Cc1ccc(-c3nc(C(F)(F)F)cn3C)cc1)C(=O)OC2(C)C. The van der Waals surface area contributed by atoms with Crippen LogP contribution in [-0.2, 0) is 30.1 Å². The zero-order chi connectivity index (χ0) is 29.1.